The number of aliphatic hydroxyl groups is 1. The van der Waals surface area contributed by atoms with E-state index in [1.807, 2.05) is 30.3 Å². The summed E-state index contributed by atoms with van der Waals surface area (Å²) in [6, 6.07) is 16.3. The van der Waals surface area contributed by atoms with Gasteiger partial charge in [-0.1, -0.05) is 42.5 Å². The van der Waals surface area contributed by atoms with E-state index in [-0.39, 0.29) is 18.2 Å². The Labute approximate surface area is 148 Å². The van der Waals surface area contributed by atoms with Gasteiger partial charge in [0.25, 0.3) is 0 Å². The zero-order valence-corrected chi connectivity index (χ0v) is 14.8. The van der Waals surface area contributed by atoms with Crippen LogP contribution in [0, 0.1) is 0 Å². The second-order valence-electron chi connectivity index (χ2n) is 6.53. The lowest BCUT2D eigenvalue weighted by Gasteiger charge is -2.23. The molecular weight excluding hydrogens is 316 g/mol. The van der Waals surface area contributed by atoms with Crippen LogP contribution in [0.1, 0.15) is 24.5 Å². The third-order valence-electron chi connectivity index (χ3n) is 3.99. The Morgan fingerprint density at radius 3 is 2.20 bits per heavy atom. The van der Waals surface area contributed by atoms with Crippen molar-refractivity contribution in [3.8, 4) is 0 Å². The molecule has 1 unspecified atom stereocenters. The predicted molar refractivity (Wildman–Crippen MR) is 98.1 cm³/mol. The molecular formula is C20H24N2O3. The number of amides is 2. The van der Waals surface area contributed by atoms with E-state index in [1.54, 1.807) is 50.2 Å². The first-order valence-corrected chi connectivity index (χ1v) is 8.15. The molecule has 0 saturated carbocycles. The number of hydrogen-bond donors (Lipinski definition) is 2. The van der Waals surface area contributed by atoms with Gasteiger partial charge in [-0.3, -0.25) is 9.59 Å². The van der Waals surface area contributed by atoms with Gasteiger partial charge < -0.3 is 15.3 Å². The molecule has 0 bridgehead atoms. The summed E-state index contributed by atoms with van der Waals surface area (Å²) in [7, 11) is 3.44. The number of benzene rings is 2. The van der Waals surface area contributed by atoms with Crippen molar-refractivity contribution < 1.29 is 14.7 Å². The van der Waals surface area contributed by atoms with Gasteiger partial charge in [-0.05, 0) is 30.2 Å². The standard InChI is InChI=1S/C20H24N2O3/c1-20(25,16-7-5-4-6-8-16)14-18(23)21-17-11-9-15(10-12-17)13-19(24)22(2)3/h4-12,25H,13-14H2,1-3H3,(H,21,23). The lowest BCUT2D eigenvalue weighted by Crippen LogP contribution is -2.28. The van der Waals surface area contributed by atoms with Crippen LogP contribution in [0.4, 0.5) is 5.69 Å². The summed E-state index contributed by atoms with van der Waals surface area (Å²) in [5.74, 6) is -0.248. The monoisotopic (exact) mass is 340 g/mol. The van der Waals surface area contributed by atoms with E-state index >= 15 is 0 Å². The molecule has 0 aliphatic heterocycles. The highest BCUT2D eigenvalue weighted by Crippen LogP contribution is 2.24. The van der Waals surface area contributed by atoms with Gasteiger partial charge in [0.05, 0.1) is 18.4 Å². The molecule has 25 heavy (non-hydrogen) atoms. The fourth-order valence-corrected chi connectivity index (χ4v) is 2.46. The maximum atomic E-state index is 12.2. The summed E-state index contributed by atoms with van der Waals surface area (Å²) in [6.45, 7) is 1.62. The molecule has 132 valence electrons. The topological polar surface area (TPSA) is 69.6 Å². The van der Waals surface area contributed by atoms with Crippen LogP contribution in [-0.4, -0.2) is 35.9 Å². The zero-order chi connectivity index (χ0) is 18.4. The molecule has 0 saturated heterocycles. The van der Waals surface area contributed by atoms with Gasteiger partial charge >= 0.3 is 0 Å². The van der Waals surface area contributed by atoms with Crippen LogP contribution in [0.3, 0.4) is 0 Å². The highest BCUT2D eigenvalue weighted by molar-refractivity contribution is 5.91. The number of nitrogens with zero attached hydrogens (tertiary/aromatic N) is 1. The van der Waals surface area contributed by atoms with E-state index in [4.69, 9.17) is 0 Å². The van der Waals surface area contributed by atoms with Crippen LogP contribution >= 0.6 is 0 Å². The first kappa shape index (κ1) is 18.7. The Balaban J connectivity index is 1.95. The molecule has 2 N–H and O–H groups in total. The van der Waals surface area contributed by atoms with Gasteiger partial charge in [-0.2, -0.15) is 0 Å². The van der Waals surface area contributed by atoms with Crippen molar-refractivity contribution in [3.63, 3.8) is 0 Å². The van der Waals surface area contributed by atoms with Crippen LogP contribution in [-0.2, 0) is 21.6 Å². The van der Waals surface area contributed by atoms with Crippen LogP contribution in [0.2, 0.25) is 0 Å². The molecule has 2 aromatic rings. The van der Waals surface area contributed by atoms with E-state index in [0.717, 1.165) is 5.56 Å². The third-order valence-corrected chi connectivity index (χ3v) is 3.99. The summed E-state index contributed by atoms with van der Waals surface area (Å²) in [5, 5.41) is 13.3. The van der Waals surface area contributed by atoms with Gasteiger partial charge in [0.15, 0.2) is 0 Å². The number of hydrogen-bond acceptors (Lipinski definition) is 3. The molecule has 2 rings (SSSR count). The number of likely N-dealkylation sites (N-methyl/N-ethyl adjacent to an activating group) is 1. The summed E-state index contributed by atoms with van der Waals surface area (Å²) in [4.78, 5) is 25.5. The maximum absolute atomic E-state index is 12.2. The first-order valence-electron chi connectivity index (χ1n) is 8.15. The molecule has 0 aliphatic carbocycles. The lowest BCUT2D eigenvalue weighted by atomic mass is 9.92. The number of anilines is 1. The van der Waals surface area contributed by atoms with Crippen molar-refractivity contribution >= 4 is 17.5 Å². The third kappa shape index (κ3) is 5.43. The summed E-state index contributed by atoms with van der Waals surface area (Å²) in [5.41, 5.74) is 0.981. The largest absolute Gasteiger partial charge is 0.385 e. The van der Waals surface area contributed by atoms with Crippen LogP contribution < -0.4 is 5.32 Å². The van der Waals surface area contributed by atoms with E-state index in [9.17, 15) is 14.7 Å². The number of carbonyl (C=O) groups excluding carboxylic acids is 2. The molecule has 0 radical (unpaired) electrons. The summed E-state index contributed by atoms with van der Waals surface area (Å²) in [6.07, 6.45) is 0.280. The van der Waals surface area contributed by atoms with Crippen molar-refractivity contribution in [2.75, 3.05) is 19.4 Å². The Hall–Kier alpha value is -2.66. The quantitative estimate of drug-likeness (QED) is 0.849. The summed E-state index contributed by atoms with van der Waals surface area (Å²) < 4.78 is 0. The highest BCUT2D eigenvalue weighted by atomic mass is 16.3. The minimum absolute atomic E-state index is 0.0238. The van der Waals surface area contributed by atoms with Crippen LogP contribution in [0.15, 0.2) is 54.6 Å². The van der Waals surface area contributed by atoms with E-state index in [2.05, 4.69) is 5.32 Å². The molecule has 0 aliphatic rings. The molecule has 0 spiro atoms. The lowest BCUT2D eigenvalue weighted by molar-refractivity contribution is -0.128. The fraction of sp³-hybridized carbons (Fsp3) is 0.300. The van der Waals surface area contributed by atoms with Crippen LogP contribution in [0.25, 0.3) is 0 Å². The van der Waals surface area contributed by atoms with Crippen molar-refractivity contribution in [2.45, 2.75) is 25.4 Å². The van der Waals surface area contributed by atoms with E-state index in [1.165, 1.54) is 0 Å². The minimum Gasteiger partial charge on any atom is -0.385 e. The maximum Gasteiger partial charge on any atom is 0.227 e. The van der Waals surface area contributed by atoms with Gasteiger partial charge in [-0.15, -0.1) is 0 Å². The second kappa shape index (κ2) is 7.94. The smallest absolute Gasteiger partial charge is 0.227 e. The SMILES string of the molecule is CN(C)C(=O)Cc1ccc(NC(=O)CC(C)(O)c2ccccc2)cc1. The Bertz CT molecular complexity index is 722. The molecule has 0 heterocycles. The Kier molecular flexibility index (Phi) is 5.93. The summed E-state index contributed by atoms with van der Waals surface area (Å²) >= 11 is 0. The molecule has 0 aromatic heterocycles. The molecule has 5 nitrogen and oxygen atoms in total. The van der Waals surface area contributed by atoms with Gasteiger partial charge in [0, 0.05) is 19.8 Å². The molecule has 2 aromatic carbocycles. The van der Waals surface area contributed by atoms with Crippen molar-refractivity contribution in [1.29, 1.82) is 0 Å². The first-order chi connectivity index (χ1) is 11.8. The molecule has 1 atom stereocenters. The second-order valence-corrected chi connectivity index (χ2v) is 6.53. The average molecular weight is 340 g/mol. The molecule has 5 heteroatoms. The normalized spacial score (nSPS) is 13.0. The molecule has 2 amide bonds. The number of carbonyl (C=O) groups is 2. The van der Waals surface area contributed by atoms with Gasteiger partial charge in [-0.25, -0.2) is 0 Å². The average Bonchev–Trinajstić information content (AvgIpc) is 2.56. The molecule has 0 fully saturated rings. The fourth-order valence-electron chi connectivity index (χ4n) is 2.46. The predicted octanol–water partition coefficient (Wildman–Crippen LogP) is 2.55. The Morgan fingerprint density at radius 1 is 1.04 bits per heavy atom. The van der Waals surface area contributed by atoms with Gasteiger partial charge in [0.2, 0.25) is 11.8 Å². The van der Waals surface area contributed by atoms with E-state index in [0.29, 0.717) is 17.7 Å². The van der Waals surface area contributed by atoms with E-state index < -0.39 is 5.60 Å². The Morgan fingerprint density at radius 2 is 1.64 bits per heavy atom. The number of rotatable bonds is 6. The minimum atomic E-state index is -1.23. The van der Waals surface area contributed by atoms with Crippen molar-refractivity contribution in [3.05, 3.63) is 65.7 Å². The van der Waals surface area contributed by atoms with Crippen molar-refractivity contribution in [1.82, 2.24) is 4.90 Å². The van der Waals surface area contributed by atoms with Crippen LogP contribution in [0.5, 0.6) is 0 Å². The van der Waals surface area contributed by atoms with Gasteiger partial charge in [0.1, 0.15) is 0 Å². The zero-order valence-electron chi connectivity index (χ0n) is 14.8. The highest BCUT2D eigenvalue weighted by Gasteiger charge is 2.26. The van der Waals surface area contributed by atoms with Crippen molar-refractivity contribution in [2.24, 2.45) is 0 Å². The number of nitrogens with one attached hydrogen (secondary N) is 1.